The monoisotopic (exact) mass is 472 g/mol. The van der Waals surface area contributed by atoms with Crippen molar-refractivity contribution < 1.29 is 13.7 Å². The number of hydrogen-bond donors (Lipinski definition) is 0. The Morgan fingerprint density at radius 2 is 1.55 bits per heavy atom. The van der Waals surface area contributed by atoms with E-state index in [1.807, 2.05) is 0 Å². The van der Waals surface area contributed by atoms with Crippen molar-refractivity contribution in [3.05, 3.63) is 48.0 Å². The van der Waals surface area contributed by atoms with Gasteiger partial charge in [0.05, 0.1) is 11.2 Å². The highest BCUT2D eigenvalue weighted by Crippen LogP contribution is 2.46. The van der Waals surface area contributed by atoms with Gasteiger partial charge < -0.3 is 13.7 Å². The molecule has 1 aromatic carbocycles. The molecule has 1 atom stereocenters. The van der Waals surface area contributed by atoms with E-state index in [1.165, 1.54) is 5.56 Å². The molecule has 2 rings (SSSR count). The largest absolute Gasteiger partial charge is 0.473 e. The summed E-state index contributed by atoms with van der Waals surface area (Å²) in [6.07, 6.45) is 10.0. The molecule has 0 spiro atoms. The summed E-state index contributed by atoms with van der Waals surface area (Å²) < 4.78 is 19.7. The van der Waals surface area contributed by atoms with Gasteiger partial charge in [-0.25, -0.2) is 0 Å². The van der Waals surface area contributed by atoms with Crippen molar-refractivity contribution in [2.45, 2.75) is 122 Å². The zero-order chi connectivity index (χ0) is 25.0. The zero-order valence-corrected chi connectivity index (χ0v) is 24.1. The molecule has 1 unspecified atom stereocenters. The third-order valence-electron chi connectivity index (χ3n) is 8.13. The summed E-state index contributed by atoms with van der Waals surface area (Å²) in [5, 5.41) is -0.0508. The van der Waals surface area contributed by atoms with Crippen LogP contribution < -0.4 is 0 Å². The van der Waals surface area contributed by atoms with Crippen molar-refractivity contribution in [2.75, 3.05) is 6.61 Å². The number of unbranched alkanes of at least 4 members (excludes halogenated alkanes) is 2. The summed E-state index contributed by atoms with van der Waals surface area (Å²) in [6, 6.07) is 10.8. The molecule has 1 fully saturated rings. The van der Waals surface area contributed by atoms with Gasteiger partial charge in [-0.2, -0.15) is 0 Å². The van der Waals surface area contributed by atoms with Crippen molar-refractivity contribution in [1.29, 1.82) is 0 Å². The highest BCUT2D eigenvalue weighted by Gasteiger charge is 2.59. The molecule has 0 radical (unpaired) electrons. The van der Waals surface area contributed by atoms with Gasteiger partial charge in [0.1, 0.15) is 0 Å². The van der Waals surface area contributed by atoms with Gasteiger partial charge in [-0.15, -0.1) is 0 Å². The quantitative estimate of drug-likeness (QED) is 0.185. The molecular formula is C28H49BO3Si. The average Bonchev–Trinajstić information content (AvgIpc) is 2.94. The van der Waals surface area contributed by atoms with Gasteiger partial charge in [-0.3, -0.25) is 0 Å². The molecule has 0 aromatic heterocycles. The first-order chi connectivity index (χ1) is 15.2. The van der Waals surface area contributed by atoms with Gasteiger partial charge in [0.2, 0.25) is 0 Å². The van der Waals surface area contributed by atoms with Crippen LogP contribution in [0.1, 0.15) is 93.1 Å². The molecule has 1 aliphatic heterocycles. The van der Waals surface area contributed by atoms with Crippen LogP contribution in [-0.2, 0) is 19.0 Å². The third kappa shape index (κ3) is 6.62. The Hall–Kier alpha value is -0.878. The third-order valence-corrected chi connectivity index (χ3v) is 12.7. The fraction of sp³-hybridized carbons (Fsp3) is 0.714. The summed E-state index contributed by atoms with van der Waals surface area (Å²) in [5.74, 6) is 0. The van der Waals surface area contributed by atoms with E-state index >= 15 is 0 Å². The van der Waals surface area contributed by atoms with Crippen molar-refractivity contribution >= 4 is 15.4 Å². The molecule has 3 nitrogen and oxygen atoms in total. The van der Waals surface area contributed by atoms with Crippen molar-refractivity contribution in [3.63, 3.8) is 0 Å². The smallest absolute Gasteiger partial charge is 0.417 e. The molecule has 5 heteroatoms. The summed E-state index contributed by atoms with van der Waals surface area (Å²) in [4.78, 5) is 0. The van der Waals surface area contributed by atoms with Crippen molar-refractivity contribution in [1.82, 2.24) is 0 Å². The molecular weight excluding hydrogens is 423 g/mol. The second kappa shape index (κ2) is 10.8. The van der Waals surface area contributed by atoms with Crippen LogP contribution in [0.4, 0.5) is 0 Å². The Morgan fingerprint density at radius 1 is 0.970 bits per heavy atom. The summed E-state index contributed by atoms with van der Waals surface area (Å²) in [5.41, 5.74) is 0.564. The number of hydrogen-bond acceptors (Lipinski definition) is 3. The molecule has 0 bridgehead atoms. The fourth-order valence-corrected chi connectivity index (χ4v) is 5.05. The molecule has 1 aliphatic rings. The van der Waals surface area contributed by atoms with Gasteiger partial charge in [0.25, 0.3) is 0 Å². The number of benzene rings is 1. The van der Waals surface area contributed by atoms with Gasteiger partial charge in [0, 0.05) is 11.9 Å². The maximum absolute atomic E-state index is 6.65. The number of allylic oxidation sites excluding steroid dienone is 2. The van der Waals surface area contributed by atoms with E-state index in [-0.39, 0.29) is 28.7 Å². The van der Waals surface area contributed by atoms with Crippen LogP contribution in [0.3, 0.4) is 0 Å². The van der Waals surface area contributed by atoms with E-state index in [9.17, 15) is 0 Å². The Labute approximate surface area is 206 Å². The Balaban J connectivity index is 2.24. The minimum Gasteiger partial charge on any atom is -0.417 e. The summed E-state index contributed by atoms with van der Waals surface area (Å²) in [6.45, 7) is 23.2. The topological polar surface area (TPSA) is 27.7 Å². The molecule has 0 saturated carbocycles. The molecule has 186 valence electrons. The lowest BCUT2D eigenvalue weighted by molar-refractivity contribution is 0.00578. The maximum Gasteiger partial charge on any atom is 0.473 e. The normalized spacial score (nSPS) is 20.4. The van der Waals surface area contributed by atoms with Crippen LogP contribution in [0.5, 0.6) is 0 Å². The Morgan fingerprint density at radius 3 is 2.06 bits per heavy atom. The SMILES string of the molecule is CCCCC(/C=C/CCCO[Si](C)(C)C(C)(C)C)(B1OC(C)(C)C(C)(C)O1)c1ccccc1. The second-order valence-electron chi connectivity index (χ2n) is 12.3. The van der Waals surface area contributed by atoms with Crippen LogP contribution in [-0.4, -0.2) is 33.2 Å². The van der Waals surface area contributed by atoms with Crippen molar-refractivity contribution in [3.8, 4) is 0 Å². The average molecular weight is 473 g/mol. The van der Waals surface area contributed by atoms with E-state index in [2.05, 4.69) is 111 Å². The summed E-state index contributed by atoms with van der Waals surface area (Å²) >= 11 is 0. The second-order valence-corrected chi connectivity index (χ2v) is 17.1. The van der Waals surface area contributed by atoms with E-state index in [0.717, 1.165) is 38.7 Å². The fourth-order valence-electron chi connectivity index (χ4n) is 3.97. The van der Waals surface area contributed by atoms with E-state index < -0.39 is 8.32 Å². The predicted molar refractivity (Wildman–Crippen MR) is 145 cm³/mol. The first kappa shape index (κ1) is 28.4. The molecule has 1 heterocycles. The van der Waals surface area contributed by atoms with Crippen molar-refractivity contribution in [2.24, 2.45) is 0 Å². The highest BCUT2D eigenvalue weighted by atomic mass is 28.4. The zero-order valence-electron chi connectivity index (χ0n) is 23.1. The number of rotatable bonds is 11. The van der Waals surface area contributed by atoms with Crippen LogP contribution in [0.25, 0.3) is 0 Å². The molecule has 1 aromatic rings. The van der Waals surface area contributed by atoms with Crippen LogP contribution in [0.15, 0.2) is 42.5 Å². The van der Waals surface area contributed by atoms with E-state index in [1.54, 1.807) is 0 Å². The molecule has 33 heavy (non-hydrogen) atoms. The van der Waals surface area contributed by atoms with Gasteiger partial charge in [-0.1, -0.05) is 83.0 Å². The first-order valence-corrected chi connectivity index (χ1v) is 15.8. The standard InChI is InChI=1S/C28H49BO3Si/c1-11-12-21-28(24-19-15-13-16-20-24,29-31-26(5,6)27(7,8)32-29)22-17-14-18-23-30-33(9,10)25(2,3)4/h13,15-17,19-20,22H,11-12,14,18,21,23H2,1-10H3/b22-17+. The highest BCUT2D eigenvalue weighted by molar-refractivity contribution is 6.74. The van der Waals surface area contributed by atoms with E-state index in [4.69, 9.17) is 13.7 Å². The Bertz CT molecular complexity index is 751. The van der Waals surface area contributed by atoms with E-state index in [0.29, 0.717) is 0 Å². The van der Waals surface area contributed by atoms with Gasteiger partial charge in [-0.05, 0) is 70.7 Å². The lowest BCUT2D eigenvalue weighted by atomic mass is 9.51. The van der Waals surface area contributed by atoms with Crippen LogP contribution in [0.2, 0.25) is 18.1 Å². The predicted octanol–water partition coefficient (Wildman–Crippen LogP) is 8.10. The molecule has 1 saturated heterocycles. The lowest BCUT2D eigenvalue weighted by Gasteiger charge is -2.36. The maximum atomic E-state index is 6.65. The molecule has 0 N–H and O–H groups in total. The van der Waals surface area contributed by atoms with Gasteiger partial charge >= 0.3 is 7.12 Å². The Kier molecular flexibility index (Phi) is 9.29. The molecule has 0 amide bonds. The van der Waals surface area contributed by atoms with Crippen LogP contribution >= 0.6 is 0 Å². The lowest BCUT2D eigenvalue weighted by Crippen LogP contribution is -2.44. The summed E-state index contributed by atoms with van der Waals surface area (Å²) in [7, 11) is -2.00. The van der Waals surface area contributed by atoms with Gasteiger partial charge in [0.15, 0.2) is 8.32 Å². The minimum atomic E-state index is -1.69. The minimum absolute atomic E-state index is 0.252. The first-order valence-electron chi connectivity index (χ1n) is 12.9. The van der Waals surface area contributed by atoms with Crippen LogP contribution in [0, 0.1) is 0 Å². The molecule has 0 aliphatic carbocycles.